The zero-order valence-electron chi connectivity index (χ0n) is 13.9. The highest BCUT2D eigenvalue weighted by atomic mass is 16.6. The molecule has 0 radical (unpaired) electrons. The predicted octanol–water partition coefficient (Wildman–Crippen LogP) is 2.84. The van der Waals surface area contributed by atoms with Crippen molar-refractivity contribution >= 4 is 11.9 Å². The van der Waals surface area contributed by atoms with Crippen LogP contribution < -0.4 is 5.32 Å². The average Bonchev–Trinajstić information content (AvgIpc) is 2.45. The van der Waals surface area contributed by atoms with Gasteiger partial charge in [-0.25, -0.2) is 4.79 Å². The summed E-state index contributed by atoms with van der Waals surface area (Å²) in [5.41, 5.74) is 0.457. The van der Waals surface area contributed by atoms with Crippen molar-refractivity contribution in [2.24, 2.45) is 5.92 Å². The van der Waals surface area contributed by atoms with Crippen molar-refractivity contribution in [3.05, 3.63) is 17.8 Å². The monoisotopic (exact) mass is 306 g/mol. The second-order valence-electron chi connectivity index (χ2n) is 6.88. The maximum atomic E-state index is 12.1. The van der Waals surface area contributed by atoms with E-state index < -0.39 is 5.60 Å². The Kier molecular flexibility index (Phi) is 5.21. The number of piperidine rings is 1. The molecule has 0 unspecified atom stereocenters. The zero-order valence-corrected chi connectivity index (χ0v) is 13.9. The highest BCUT2D eigenvalue weighted by Crippen LogP contribution is 2.19. The number of anilines is 1. The number of aryl methyl sites for hydroxylation is 1. The summed E-state index contributed by atoms with van der Waals surface area (Å²) in [6.45, 7) is 9.88. The molecule has 0 aliphatic carbocycles. The second-order valence-corrected chi connectivity index (χ2v) is 6.88. The molecule has 1 aromatic rings. The van der Waals surface area contributed by atoms with Gasteiger partial charge in [-0.15, -0.1) is 5.10 Å². The summed E-state index contributed by atoms with van der Waals surface area (Å²) in [7, 11) is 0. The van der Waals surface area contributed by atoms with E-state index in [1.165, 1.54) is 0 Å². The third-order valence-corrected chi connectivity index (χ3v) is 3.54. The van der Waals surface area contributed by atoms with Crippen LogP contribution in [0.15, 0.2) is 12.1 Å². The highest BCUT2D eigenvalue weighted by Gasteiger charge is 2.27. The summed E-state index contributed by atoms with van der Waals surface area (Å²) in [4.78, 5) is 13.9. The molecule has 1 fully saturated rings. The maximum absolute atomic E-state index is 12.1. The first-order chi connectivity index (χ1) is 10.3. The smallest absolute Gasteiger partial charge is 0.410 e. The number of hydrogen-bond acceptors (Lipinski definition) is 5. The number of hydrogen-bond donors (Lipinski definition) is 1. The quantitative estimate of drug-likeness (QED) is 0.930. The molecule has 1 saturated heterocycles. The highest BCUT2D eigenvalue weighted by molar-refractivity contribution is 5.68. The molecule has 22 heavy (non-hydrogen) atoms. The van der Waals surface area contributed by atoms with Gasteiger partial charge in [0.25, 0.3) is 0 Å². The molecule has 0 saturated carbocycles. The Balaban J connectivity index is 1.82. The van der Waals surface area contributed by atoms with E-state index in [9.17, 15) is 4.79 Å². The molecule has 0 aromatic carbocycles. The van der Waals surface area contributed by atoms with Gasteiger partial charge in [0.1, 0.15) is 11.4 Å². The van der Waals surface area contributed by atoms with Crippen LogP contribution in [0.2, 0.25) is 0 Å². The Morgan fingerprint density at radius 3 is 2.82 bits per heavy atom. The van der Waals surface area contributed by atoms with Crippen molar-refractivity contribution in [3.63, 3.8) is 0 Å². The first-order valence-electron chi connectivity index (χ1n) is 7.85. The lowest BCUT2D eigenvalue weighted by molar-refractivity contribution is 0.0172. The number of aromatic nitrogens is 2. The van der Waals surface area contributed by atoms with Gasteiger partial charge in [0.15, 0.2) is 0 Å². The van der Waals surface area contributed by atoms with Gasteiger partial charge in [0, 0.05) is 19.6 Å². The van der Waals surface area contributed by atoms with Gasteiger partial charge in [-0.3, -0.25) is 0 Å². The molecular formula is C16H26N4O2. The van der Waals surface area contributed by atoms with Crippen LogP contribution in [0.1, 0.15) is 39.3 Å². The van der Waals surface area contributed by atoms with Crippen LogP contribution in [0.3, 0.4) is 0 Å². The fourth-order valence-corrected chi connectivity index (χ4v) is 2.47. The van der Waals surface area contributed by atoms with Crippen molar-refractivity contribution in [1.29, 1.82) is 0 Å². The van der Waals surface area contributed by atoms with E-state index in [4.69, 9.17) is 4.74 Å². The van der Waals surface area contributed by atoms with Crippen molar-refractivity contribution in [2.75, 3.05) is 25.0 Å². The van der Waals surface area contributed by atoms with E-state index in [0.717, 1.165) is 44.0 Å². The molecule has 1 aliphatic rings. The lowest BCUT2D eigenvalue weighted by atomic mass is 9.98. The molecule has 1 aromatic heterocycles. The molecule has 1 N–H and O–H groups in total. The largest absolute Gasteiger partial charge is 0.444 e. The lowest BCUT2D eigenvalue weighted by Gasteiger charge is -2.34. The summed E-state index contributed by atoms with van der Waals surface area (Å²) in [5, 5.41) is 11.4. The molecule has 122 valence electrons. The predicted molar refractivity (Wildman–Crippen MR) is 85.8 cm³/mol. The molecule has 1 aliphatic heterocycles. The van der Waals surface area contributed by atoms with Gasteiger partial charge >= 0.3 is 6.09 Å². The Morgan fingerprint density at radius 1 is 1.41 bits per heavy atom. The van der Waals surface area contributed by atoms with Gasteiger partial charge in [-0.2, -0.15) is 5.10 Å². The first kappa shape index (κ1) is 16.5. The summed E-state index contributed by atoms with van der Waals surface area (Å²) in [6, 6.07) is 3.86. The Bertz CT molecular complexity index is 496. The third kappa shape index (κ3) is 5.16. The average molecular weight is 306 g/mol. The van der Waals surface area contributed by atoms with Crippen LogP contribution in [-0.4, -0.2) is 46.4 Å². The number of nitrogens with one attached hydrogen (secondary N) is 1. The second kappa shape index (κ2) is 6.94. The maximum Gasteiger partial charge on any atom is 0.410 e. The number of ether oxygens (including phenoxy) is 1. The van der Waals surface area contributed by atoms with Gasteiger partial charge in [0.2, 0.25) is 0 Å². The number of rotatable bonds is 3. The summed E-state index contributed by atoms with van der Waals surface area (Å²) in [5.74, 6) is 1.18. The Labute approximate surface area is 132 Å². The van der Waals surface area contributed by atoms with E-state index in [-0.39, 0.29) is 6.09 Å². The van der Waals surface area contributed by atoms with Gasteiger partial charge < -0.3 is 15.0 Å². The van der Waals surface area contributed by atoms with Crippen LogP contribution in [-0.2, 0) is 4.74 Å². The molecule has 0 bridgehead atoms. The molecule has 0 spiro atoms. The molecule has 2 heterocycles. The summed E-state index contributed by atoms with van der Waals surface area (Å²) < 4.78 is 5.45. The van der Waals surface area contributed by atoms with Crippen LogP contribution in [0.25, 0.3) is 0 Å². The Morgan fingerprint density at radius 2 is 2.18 bits per heavy atom. The van der Waals surface area contributed by atoms with E-state index in [2.05, 4.69) is 15.5 Å². The number of likely N-dealkylation sites (tertiary alicyclic amines) is 1. The number of carbonyl (C=O) groups is 1. The zero-order chi connectivity index (χ0) is 16.2. The van der Waals surface area contributed by atoms with E-state index in [1.54, 1.807) is 0 Å². The van der Waals surface area contributed by atoms with Crippen LogP contribution >= 0.6 is 0 Å². The number of amides is 1. The summed E-state index contributed by atoms with van der Waals surface area (Å²) in [6.07, 6.45) is 1.89. The Hall–Kier alpha value is -1.85. The molecule has 6 heteroatoms. The third-order valence-electron chi connectivity index (χ3n) is 3.54. The molecule has 2 rings (SSSR count). The van der Waals surface area contributed by atoms with Crippen LogP contribution in [0.5, 0.6) is 0 Å². The molecular weight excluding hydrogens is 280 g/mol. The fraction of sp³-hybridized carbons (Fsp3) is 0.688. The van der Waals surface area contributed by atoms with E-state index in [1.807, 2.05) is 44.7 Å². The van der Waals surface area contributed by atoms with Crippen molar-refractivity contribution in [1.82, 2.24) is 15.1 Å². The van der Waals surface area contributed by atoms with Gasteiger partial charge in [0.05, 0.1) is 5.69 Å². The van der Waals surface area contributed by atoms with Crippen molar-refractivity contribution in [3.8, 4) is 0 Å². The minimum atomic E-state index is -0.445. The fourth-order valence-electron chi connectivity index (χ4n) is 2.47. The van der Waals surface area contributed by atoms with Crippen LogP contribution in [0.4, 0.5) is 10.6 Å². The minimum absolute atomic E-state index is 0.215. The SMILES string of the molecule is Cc1ccc(NC[C@@H]2CCCN(C(=O)OC(C)(C)C)C2)nn1. The van der Waals surface area contributed by atoms with E-state index in [0.29, 0.717) is 5.92 Å². The van der Waals surface area contributed by atoms with Crippen LogP contribution in [0, 0.1) is 12.8 Å². The molecule has 1 amide bonds. The lowest BCUT2D eigenvalue weighted by Crippen LogP contribution is -2.44. The van der Waals surface area contributed by atoms with Crippen molar-refractivity contribution in [2.45, 2.75) is 46.1 Å². The van der Waals surface area contributed by atoms with Gasteiger partial charge in [-0.1, -0.05) is 0 Å². The molecule has 1 atom stereocenters. The number of nitrogens with zero attached hydrogens (tertiary/aromatic N) is 3. The number of carbonyl (C=O) groups excluding carboxylic acids is 1. The minimum Gasteiger partial charge on any atom is -0.444 e. The molecule has 6 nitrogen and oxygen atoms in total. The normalized spacial score (nSPS) is 18.9. The van der Waals surface area contributed by atoms with Gasteiger partial charge in [-0.05, 0) is 58.6 Å². The van der Waals surface area contributed by atoms with Crippen molar-refractivity contribution < 1.29 is 9.53 Å². The summed E-state index contributed by atoms with van der Waals surface area (Å²) >= 11 is 0. The van der Waals surface area contributed by atoms with E-state index >= 15 is 0 Å². The topological polar surface area (TPSA) is 67.4 Å². The standard InChI is InChI=1S/C16H26N4O2/c1-12-7-8-14(19-18-12)17-10-13-6-5-9-20(11-13)15(21)22-16(2,3)4/h7-8,13H,5-6,9-11H2,1-4H3,(H,17,19)/t13-/m0/s1. The first-order valence-corrected chi connectivity index (χ1v) is 7.85.